The Bertz CT molecular complexity index is 487. The number of hydrogen-bond acceptors (Lipinski definition) is 2. The van der Waals surface area contributed by atoms with Crippen molar-refractivity contribution in [2.24, 2.45) is 5.41 Å². The van der Waals surface area contributed by atoms with Gasteiger partial charge in [-0.25, -0.2) is 0 Å². The molecule has 19 heavy (non-hydrogen) atoms. The molecule has 0 bridgehead atoms. The van der Waals surface area contributed by atoms with E-state index in [-0.39, 0.29) is 11.8 Å². The van der Waals surface area contributed by atoms with Crippen LogP contribution in [0.3, 0.4) is 0 Å². The second-order valence-electron chi connectivity index (χ2n) is 5.58. The molecule has 1 aromatic carbocycles. The first-order valence-corrected chi connectivity index (χ1v) is 6.46. The molecule has 0 atom stereocenters. The van der Waals surface area contributed by atoms with Crippen LogP contribution in [0.5, 0.6) is 0 Å². The molecule has 104 valence electrons. The molecule has 0 fully saturated rings. The van der Waals surface area contributed by atoms with Gasteiger partial charge in [0, 0.05) is 23.2 Å². The lowest BCUT2D eigenvalue weighted by atomic mass is 9.95. The fraction of sp³-hybridized carbons (Fsp3) is 0.467. The zero-order valence-corrected chi connectivity index (χ0v) is 12.3. The number of carbonyl (C=O) groups excluding carboxylic acids is 2. The van der Waals surface area contributed by atoms with Crippen molar-refractivity contribution in [3.8, 4) is 0 Å². The zero-order chi connectivity index (χ0) is 14.6. The lowest BCUT2D eigenvalue weighted by Gasteiger charge is -2.19. The van der Waals surface area contributed by atoms with Gasteiger partial charge < -0.3 is 10.6 Å². The van der Waals surface area contributed by atoms with Crippen molar-refractivity contribution in [3.05, 3.63) is 23.8 Å². The van der Waals surface area contributed by atoms with Crippen molar-refractivity contribution in [2.75, 3.05) is 10.6 Å². The maximum absolute atomic E-state index is 12.0. The third kappa shape index (κ3) is 4.09. The van der Waals surface area contributed by atoms with Gasteiger partial charge in [0.2, 0.25) is 11.8 Å². The van der Waals surface area contributed by atoms with Crippen LogP contribution in [0.25, 0.3) is 0 Å². The molecule has 0 unspecified atom stereocenters. The molecule has 0 aromatic heterocycles. The molecule has 1 rings (SSSR count). The van der Waals surface area contributed by atoms with Crippen molar-refractivity contribution < 1.29 is 9.59 Å². The summed E-state index contributed by atoms with van der Waals surface area (Å²) in [7, 11) is 0. The number of rotatable bonds is 3. The van der Waals surface area contributed by atoms with E-state index in [1.54, 1.807) is 6.92 Å². The predicted octanol–water partition coefficient (Wildman–Crippen LogP) is 3.33. The quantitative estimate of drug-likeness (QED) is 0.877. The molecular formula is C15H22N2O2. The number of anilines is 2. The second-order valence-corrected chi connectivity index (χ2v) is 5.58. The molecule has 0 radical (unpaired) electrons. The predicted molar refractivity (Wildman–Crippen MR) is 78.2 cm³/mol. The summed E-state index contributed by atoms with van der Waals surface area (Å²) in [6.45, 7) is 9.26. The Morgan fingerprint density at radius 2 is 1.63 bits per heavy atom. The van der Waals surface area contributed by atoms with Crippen molar-refractivity contribution in [1.82, 2.24) is 0 Å². The van der Waals surface area contributed by atoms with E-state index in [1.807, 2.05) is 45.9 Å². The molecule has 0 aliphatic rings. The topological polar surface area (TPSA) is 58.2 Å². The van der Waals surface area contributed by atoms with E-state index in [0.717, 1.165) is 16.9 Å². The summed E-state index contributed by atoms with van der Waals surface area (Å²) in [5.41, 5.74) is 1.88. The first kappa shape index (κ1) is 15.2. The molecule has 0 aliphatic carbocycles. The van der Waals surface area contributed by atoms with Gasteiger partial charge in [-0.3, -0.25) is 9.59 Å². The SMILES string of the molecule is CCC(=O)Nc1cccc(NC(=O)C(C)(C)C)c1C. The summed E-state index contributed by atoms with van der Waals surface area (Å²) in [5, 5.41) is 5.71. The standard InChI is InChI=1S/C15H22N2O2/c1-6-13(18)16-11-8-7-9-12(10(11)2)17-14(19)15(3,4)5/h7-9H,6H2,1-5H3,(H,16,18)(H,17,19). The van der Waals surface area contributed by atoms with Crippen LogP contribution in [0.15, 0.2) is 18.2 Å². The maximum Gasteiger partial charge on any atom is 0.229 e. The molecule has 0 aliphatic heterocycles. The van der Waals surface area contributed by atoms with E-state index < -0.39 is 5.41 Å². The first-order valence-electron chi connectivity index (χ1n) is 6.46. The van der Waals surface area contributed by atoms with Gasteiger partial charge in [0.05, 0.1) is 0 Å². The molecular weight excluding hydrogens is 240 g/mol. The van der Waals surface area contributed by atoms with Crippen LogP contribution in [0, 0.1) is 12.3 Å². The highest BCUT2D eigenvalue weighted by atomic mass is 16.2. The van der Waals surface area contributed by atoms with Gasteiger partial charge in [0.25, 0.3) is 0 Å². The summed E-state index contributed by atoms with van der Waals surface area (Å²) >= 11 is 0. The largest absolute Gasteiger partial charge is 0.326 e. The van der Waals surface area contributed by atoms with Gasteiger partial charge in [-0.15, -0.1) is 0 Å². The summed E-state index contributed by atoms with van der Waals surface area (Å²) in [6, 6.07) is 5.48. The summed E-state index contributed by atoms with van der Waals surface area (Å²) in [4.78, 5) is 23.4. The minimum absolute atomic E-state index is 0.0394. The molecule has 1 aromatic rings. The van der Waals surface area contributed by atoms with E-state index in [1.165, 1.54) is 0 Å². The Kier molecular flexibility index (Phi) is 4.70. The molecule has 4 nitrogen and oxygen atoms in total. The Morgan fingerprint density at radius 3 is 2.11 bits per heavy atom. The minimum atomic E-state index is -0.449. The van der Waals surface area contributed by atoms with E-state index in [4.69, 9.17) is 0 Å². The summed E-state index contributed by atoms with van der Waals surface area (Å²) in [5.74, 6) is -0.0861. The highest BCUT2D eigenvalue weighted by molar-refractivity contribution is 5.97. The summed E-state index contributed by atoms with van der Waals surface area (Å²) in [6.07, 6.45) is 0.429. The Labute approximate surface area is 114 Å². The molecule has 2 amide bonds. The lowest BCUT2D eigenvalue weighted by molar-refractivity contribution is -0.123. The monoisotopic (exact) mass is 262 g/mol. The van der Waals surface area contributed by atoms with Gasteiger partial charge in [-0.05, 0) is 24.6 Å². The fourth-order valence-corrected chi connectivity index (χ4v) is 1.45. The Hall–Kier alpha value is -1.84. The van der Waals surface area contributed by atoms with Crippen LogP contribution in [-0.4, -0.2) is 11.8 Å². The lowest BCUT2D eigenvalue weighted by Crippen LogP contribution is -2.28. The maximum atomic E-state index is 12.0. The second kappa shape index (κ2) is 5.87. The van der Waals surface area contributed by atoms with Crippen LogP contribution >= 0.6 is 0 Å². The van der Waals surface area contributed by atoms with E-state index in [0.29, 0.717) is 6.42 Å². The fourth-order valence-electron chi connectivity index (χ4n) is 1.45. The van der Waals surface area contributed by atoms with E-state index in [2.05, 4.69) is 10.6 Å². The third-order valence-corrected chi connectivity index (χ3v) is 2.86. The summed E-state index contributed by atoms with van der Waals surface area (Å²) < 4.78 is 0. The number of benzene rings is 1. The van der Waals surface area contributed by atoms with Gasteiger partial charge >= 0.3 is 0 Å². The highest BCUT2D eigenvalue weighted by Crippen LogP contribution is 2.25. The number of hydrogen-bond donors (Lipinski definition) is 2. The van der Waals surface area contributed by atoms with Crippen LogP contribution < -0.4 is 10.6 Å². The average Bonchev–Trinajstić information content (AvgIpc) is 2.32. The molecule has 0 saturated carbocycles. The van der Waals surface area contributed by atoms with Gasteiger partial charge in [0.15, 0.2) is 0 Å². The van der Waals surface area contributed by atoms with Crippen LogP contribution in [0.4, 0.5) is 11.4 Å². The minimum Gasteiger partial charge on any atom is -0.326 e. The number of amides is 2. The van der Waals surface area contributed by atoms with Crippen molar-refractivity contribution in [3.63, 3.8) is 0 Å². The average molecular weight is 262 g/mol. The molecule has 0 heterocycles. The highest BCUT2D eigenvalue weighted by Gasteiger charge is 2.22. The van der Waals surface area contributed by atoms with Crippen molar-refractivity contribution in [1.29, 1.82) is 0 Å². The molecule has 4 heteroatoms. The van der Waals surface area contributed by atoms with Gasteiger partial charge in [-0.1, -0.05) is 33.8 Å². The zero-order valence-electron chi connectivity index (χ0n) is 12.3. The van der Waals surface area contributed by atoms with Gasteiger partial charge in [0.1, 0.15) is 0 Å². The molecule has 2 N–H and O–H groups in total. The van der Waals surface area contributed by atoms with E-state index >= 15 is 0 Å². The van der Waals surface area contributed by atoms with Gasteiger partial charge in [-0.2, -0.15) is 0 Å². The van der Waals surface area contributed by atoms with Crippen molar-refractivity contribution >= 4 is 23.2 Å². The molecule has 0 saturated heterocycles. The smallest absolute Gasteiger partial charge is 0.229 e. The van der Waals surface area contributed by atoms with Crippen molar-refractivity contribution in [2.45, 2.75) is 41.0 Å². The van der Waals surface area contributed by atoms with E-state index in [9.17, 15) is 9.59 Å². The van der Waals surface area contributed by atoms with Crippen LogP contribution in [0.2, 0.25) is 0 Å². The number of nitrogens with one attached hydrogen (secondary N) is 2. The van der Waals surface area contributed by atoms with Crippen LogP contribution in [-0.2, 0) is 9.59 Å². The Balaban J connectivity index is 2.95. The normalized spacial score (nSPS) is 11.0. The first-order chi connectivity index (χ1) is 8.75. The third-order valence-electron chi connectivity index (χ3n) is 2.86. The van der Waals surface area contributed by atoms with Crippen LogP contribution in [0.1, 0.15) is 39.7 Å². The molecule has 0 spiro atoms. The Morgan fingerprint density at radius 1 is 1.11 bits per heavy atom. The number of carbonyl (C=O) groups is 2.